The lowest BCUT2D eigenvalue weighted by atomic mass is 10.0. The van der Waals surface area contributed by atoms with E-state index in [1.807, 2.05) is 6.07 Å². The van der Waals surface area contributed by atoms with Gasteiger partial charge in [0.1, 0.15) is 5.82 Å². The molecule has 1 aromatic rings. The van der Waals surface area contributed by atoms with E-state index in [2.05, 4.69) is 33.0 Å². The van der Waals surface area contributed by atoms with Gasteiger partial charge in [0, 0.05) is 6.54 Å². The first-order valence-electron chi connectivity index (χ1n) is 6.52. The zero-order valence-electron chi connectivity index (χ0n) is 11.7. The van der Waals surface area contributed by atoms with Gasteiger partial charge < -0.3 is 11.1 Å². The summed E-state index contributed by atoms with van der Waals surface area (Å²) in [7, 11) is 0. The van der Waals surface area contributed by atoms with Gasteiger partial charge in [0.15, 0.2) is 0 Å². The van der Waals surface area contributed by atoms with Crippen molar-refractivity contribution in [3.8, 4) is 0 Å². The highest BCUT2D eigenvalue weighted by Crippen LogP contribution is 2.67. The third-order valence-corrected chi connectivity index (χ3v) is 5.13. The number of hydrogen-bond donors (Lipinski definition) is 2. The maximum Gasteiger partial charge on any atom is 0.146 e. The SMILES string of the molecule is CC1(C)C(CNCc2cccc(F)c2N)C1(C)C. The van der Waals surface area contributed by atoms with Crippen LogP contribution in [0.1, 0.15) is 33.3 Å². The summed E-state index contributed by atoms with van der Waals surface area (Å²) < 4.78 is 13.3. The molecule has 0 saturated heterocycles. The van der Waals surface area contributed by atoms with E-state index in [0.29, 0.717) is 23.3 Å². The molecule has 18 heavy (non-hydrogen) atoms. The smallest absolute Gasteiger partial charge is 0.146 e. The van der Waals surface area contributed by atoms with Crippen molar-refractivity contribution in [1.29, 1.82) is 0 Å². The Hall–Kier alpha value is -1.09. The van der Waals surface area contributed by atoms with Crippen LogP contribution in [0.25, 0.3) is 0 Å². The van der Waals surface area contributed by atoms with Crippen molar-refractivity contribution in [3.05, 3.63) is 29.6 Å². The standard InChI is InChI=1S/C15H23FN2/c1-14(2)12(15(14,3)4)9-18-8-10-6-5-7-11(16)13(10)17/h5-7,12,18H,8-9,17H2,1-4H3. The molecule has 0 unspecified atom stereocenters. The normalized spacial score (nSPS) is 20.9. The topological polar surface area (TPSA) is 38.0 Å². The fraction of sp³-hybridized carbons (Fsp3) is 0.600. The number of nitrogens with two attached hydrogens (primary N) is 1. The molecule has 0 amide bonds. The lowest BCUT2D eigenvalue weighted by Gasteiger charge is -2.09. The molecular weight excluding hydrogens is 227 g/mol. The molecule has 1 aliphatic carbocycles. The van der Waals surface area contributed by atoms with E-state index in [-0.39, 0.29) is 11.5 Å². The largest absolute Gasteiger partial charge is 0.396 e. The first-order valence-corrected chi connectivity index (χ1v) is 6.52. The Morgan fingerprint density at radius 2 is 1.83 bits per heavy atom. The molecule has 2 nitrogen and oxygen atoms in total. The molecule has 0 aromatic heterocycles. The van der Waals surface area contributed by atoms with Crippen molar-refractivity contribution in [2.24, 2.45) is 16.7 Å². The minimum Gasteiger partial charge on any atom is -0.396 e. The Morgan fingerprint density at radius 3 is 2.39 bits per heavy atom. The highest BCUT2D eigenvalue weighted by Gasteiger charge is 2.63. The summed E-state index contributed by atoms with van der Waals surface area (Å²) in [6.45, 7) is 10.8. The number of hydrogen-bond acceptors (Lipinski definition) is 2. The van der Waals surface area contributed by atoms with Gasteiger partial charge in [-0.1, -0.05) is 39.8 Å². The second kappa shape index (κ2) is 4.23. The van der Waals surface area contributed by atoms with E-state index in [4.69, 9.17) is 5.73 Å². The van der Waals surface area contributed by atoms with Gasteiger partial charge >= 0.3 is 0 Å². The highest BCUT2D eigenvalue weighted by atomic mass is 19.1. The summed E-state index contributed by atoms with van der Waals surface area (Å²) in [5.41, 5.74) is 7.57. The first kappa shape index (κ1) is 13.3. The number of nitrogen functional groups attached to an aromatic ring is 1. The van der Waals surface area contributed by atoms with Crippen molar-refractivity contribution in [3.63, 3.8) is 0 Å². The van der Waals surface area contributed by atoms with Crippen LogP contribution in [0, 0.1) is 22.6 Å². The molecule has 1 fully saturated rings. The molecule has 100 valence electrons. The molecule has 1 saturated carbocycles. The number of para-hydroxylation sites is 1. The van der Waals surface area contributed by atoms with Crippen molar-refractivity contribution in [2.45, 2.75) is 34.2 Å². The average Bonchev–Trinajstić information content (AvgIpc) is 2.66. The molecule has 0 atom stereocenters. The monoisotopic (exact) mass is 250 g/mol. The van der Waals surface area contributed by atoms with Crippen molar-refractivity contribution in [1.82, 2.24) is 5.32 Å². The Morgan fingerprint density at radius 1 is 1.22 bits per heavy atom. The van der Waals surface area contributed by atoms with Crippen LogP contribution < -0.4 is 11.1 Å². The predicted molar refractivity (Wildman–Crippen MR) is 73.6 cm³/mol. The molecule has 0 bridgehead atoms. The van der Waals surface area contributed by atoms with Crippen LogP contribution in [0.3, 0.4) is 0 Å². The molecule has 0 aliphatic heterocycles. The summed E-state index contributed by atoms with van der Waals surface area (Å²) >= 11 is 0. The Balaban J connectivity index is 1.89. The number of halogens is 1. The lowest BCUT2D eigenvalue weighted by Crippen LogP contribution is -2.19. The summed E-state index contributed by atoms with van der Waals surface area (Å²) in [6.07, 6.45) is 0. The van der Waals surface area contributed by atoms with Crippen LogP contribution >= 0.6 is 0 Å². The van der Waals surface area contributed by atoms with Crippen LogP contribution in [0.2, 0.25) is 0 Å². The minimum atomic E-state index is -0.332. The average molecular weight is 250 g/mol. The fourth-order valence-electron chi connectivity index (χ4n) is 2.93. The quantitative estimate of drug-likeness (QED) is 0.805. The van der Waals surface area contributed by atoms with E-state index in [9.17, 15) is 4.39 Å². The molecule has 1 aliphatic rings. The molecule has 1 aromatic carbocycles. The Bertz CT molecular complexity index is 438. The summed E-state index contributed by atoms with van der Waals surface area (Å²) in [6, 6.07) is 4.97. The molecule has 0 heterocycles. The van der Waals surface area contributed by atoms with Crippen molar-refractivity contribution >= 4 is 5.69 Å². The van der Waals surface area contributed by atoms with Crippen LogP contribution in [-0.2, 0) is 6.54 Å². The van der Waals surface area contributed by atoms with Crippen molar-refractivity contribution < 1.29 is 4.39 Å². The molecule has 3 N–H and O–H groups in total. The number of benzene rings is 1. The van der Waals surface area contributed by atoms with E-state index in [0.717, 1.165) is 12.1 Å². The van der Waals surface area contributed by atoms with Crippen molar-refractivity contribution in [2.75, 3.05) is 12.3 Å². The zero-order valence-corrected chi connectivity index (χ0v) is 11.7. The van der Waals surface area contributed by atoms with Gasteiger partial charge in [0.25, 0.3) is 0 Å². The number of rotatable bonds is 4. The van der Waals surface area contributed by atoms with Gasteiger partial charge in [-0.25, -0.2) is 4.39 Å². The minimum absolute atomic E-state index is 0.263. The maximum atomic E-state index is 13.3. The summed E-state index contributed by atoms with van der Waals surface area (Å²) in [5.74, 6) is 0.334. The molecule has 3 heteroatoms. The zero-order chi connectivity index (χ0) is 13.6. The van der Waals surface area contributed by atoms with E-state index < -0.39 is 0 Å². The summed E-state index contributed by atoms with van der Waals surface area (Å²) in [4.78, 5) is 0. The third-order valence-electron chi connectivity index (χ3n) is 5.13. The van der Waals surface area contributed by atoms with Gasteiger partial charge in [0.05, 0.1) is 5.69 Å². The van der Waals surface area contributed by atoms with Crippen LogP contribution in [0.4, 0.5) is 10.1 Å². The second-order valence-electron chi connectivity index (χ2n) is 6.44. The van der Waals surface area contributed by atoms with Gasteiger partial charge in [-0.3, -0.25) is 0 Å². The number of anilines is 1. The highest BCUT2D eigenvalue weighted by molar-refractivity contribution is 5.47. The van der Waals surface area contributed by atoms with Crippen LogP contribution in [0.15, 0.2) is 18.2 Å². The van der Waals surface area contributed by atoms with Gasteiger partial charge in [-0.15, -0.1) is 0 Å². The predicted octanol–water partition coefficient (Wildman–Crippen LogP) is 3.18. The van der Waals surface area contributed by atoms with E-state index in [1.165, 1.54) is 6.07 Å². The third kappa shape index (κ3) is 2.01. The Kier molecular flexibility index (Phi) is 3.14. The molecule has 2 rings (SSSR count). The maximum absolute atomic E-state index is 13.3. The van der Waals surface area contributed by atoms with Gasteiger partial charge in [-0.05, 0) is 34.9 Å². The van der Waals surface area contributed by atoms with E-state index >= 15 is 0 Å². The van der Waals surface area contributed by atoms with Crippen LogP contribution in [0.5, 0.6) is 0 Å². The Labute approximate surface area is 109 Å². The molecular formula is C15H23FN2. The van der Waals surface area contributed by atoms with E-state index in [1.54, 1.807) is 6.07 Å². The van der Waals surface area contributed by atoms with Gasteiger partial charge in [-0.2, -0.15) is 0 Å². The fourth-order valence-corrected chi connectivity index (χ4v) is 2.93. The first-order chi connectivity index (χ1) is 8.28. The lowest BCUT2D eigenvalue weighted by molar-refractivity contribution is 0.457. The second-order valence-corrected chi connectivity index (χ2v) is 6.44. The molecule has 0 spiro atoms. The number of nitrogens with one attached hydrogen (secondary N) is 1. The molecule has 0 radical (unpaired) electrons. The summed E-state index contributed by atoms with van der Waals surface area (Å²) in [5, 5.41) is 3.40. The van der Waals surface area contributed by atoms with Crippen LogP contribution in [-0.4, -0.2) is 6.54 Å². The van der Waals surface area contributed by atoms with Gasteiger partial charge in [0.2, 0.25) is 0 Å².